The van der Waals surface area contributed by atoms with Gasteiger partial charge in [-0.1, -0.05) is 20.8 Å². The Morgan fingerprint density at radius 1 is 1.47 bits per heavy atom. The highest BCUT2D eigenvalue weighted by Crippen LogP contribution is 2.40. The van der Waals surface area contributed by atoms with Gasteiger partial charge in [-0.15, -0.1) is 0 Å². The zero-order chi connectivity index (χ0) is 13.3. The molecule has 2 atom stereocenters. The number of carbonyl (C=O) groups is 2. The van der Waals surface area contributed by atoms with Crippen LogP contribution in [0, 0.1) is 5.41 Å². The van der Waals surface area contributed by atoms with Crippen molar-refractivity contribution in [2.75, 3.05) is 7.11 Å². The number of methoxy groups -OCH3 is 1. The average Bonchev–Trinajstić information content (AvgIpc) is 2.51. The number of carbonyl (C=O) groups excluding carboxylic acids is 2. The Hall–Kier alpha value is -1.10. The van der Waals surface area contributed by atoms with E-state index in [1.165, 1.54) is 7.11 Å². The van der Waals surface area contributed by atoms with Crippen LogP contribution in [-0.2, 0) is 23.8 Å². The molecule has 0 unspecified atom stereocenters. The molecule has 0 aromatic rings. The number of ether oxygens (including phenoxy) is 3. The van der Waals surface area contributed by atoms with Gasteiger partial charge in [-0.25, -0.2) is 4.79 Å². The summed E-state index contributed by atoms with van der Waals surface area (Å²) in [6, 6.07) is 0. The molecule has 0 spiro atoms. The third-order valence-electron chi connectivity index (χ3n) is 3.13. The molecule has 1 aliphatic rings. The molecule has 0 aromatic carbocycles. The summed E-state index contributed by atoms with van der Waals surface area (Å²) < 4.78 is 15.4. The largest absolute Gasteiger partial charge is 0.469 e. The molecule has 1 fully saturated rings. The van der Waals surface area contributed by atoms with Crippen molar-refractivity contribution in [1.82, 2.24) is 0 Å². The van der Waals surface area contributed by atoms with Gasteiger partial charge in [-0.3, -0.25) is 4.79 Å². The van der Waals surface area contributed by atoms with Crippen molar-refractivity contribution in [3.8, 4) is 0 Å². The van der Waals surface area contributed by atoms with Gasteiger partial charge >= 0.3 is 11.9 Å². The summed E-state index contributed by atoms with van der Waals surface area (Å²) in [6.45, 7) is 7.54. The number of hydrogen-bond acceptors (Lipinski definition) is 5. The van der Waals surface area contributed by atoms with Crippen LogP contribution in [0.25, 0.3) is 0 Å². The van der Waals surface area contributed by atoms with Gasteiger partial charge in [0.25, 0.3) is 0 Å². The third-order valence-corrected chi connectivity index (χ3v) is 3.13. The number of hydrogen-bond donors (Lipinski definition) is 0. The fraction of sp³-hybridized carbons (Fsp3) is 0.833. The first-order valence-electron chi connectivity index (χ1n) is 5.67. The predicted molar refractivity (Wildman–Crippen MR) is 60.1 cm³/mol. The second-order valence-corrected chi connectivity index (χ2v) is 5.34. The van der Waals surface area contributed by atoms with E-state index in [0.717, 1.165) is 0 Å². The number of esters is 2. The highest BCUT2D eigenvalue weighted by atomic mass is 16.8. The van der Waals surface area contributed by atoms with Crippen molar-refractivity contribution >= 4 is 11.9 Å². The molecule has 0 radical (unpaired) electrons. The molecule has 0 aliphatic carbocycles. The van der Waals surface area contributed by atoms with Crippen molar-refractivity contribution in [2.45, 2.75) is 52.4 Å². The van der Waals surface area contributed by atoms with Gasteiger partial charge in [0.05, 0.1) is 7.11 Å². The summed E-state index contributed by atoms with van der Waals surface area (Å²) in [6.07, 6.45) is -0.244. The standard InChI is InChI=1S/C12H20O5/c1-11(2,3)12(4)16-8(10(14)17-12)6-7-9(13)15-5/h8H,6-7H2,1-5H3/t8-,12+/m0/s1. The Kier molecular flexibility index (Phi) is 3.81. The van der Waals surface area contributed by atoms with Crippen molar-refractivity contribution in [1.29, 1.82) is 0 Å². The molecule has 98 valence electrons. The van der Waals surface area contributed by atoms with Crippen LogP contribution in [-0.4, -0.2) is 30.9 Å². The summed E-state index contributed by atoms with van der Waals surface area (Å²) in [7, 11) is 1.31. The van der Waals surface area contributed by atoms with E-state index >= 15 is 0 Å². The zero-order valence-electron chi connectivity index (χ0n) is 11.0. The van der Waals surface area contributed by atoms with E-state index in [9.17, 15) is 9.59 Å². The summed E-state index contributed by atoms with van der Waals surface area (Å²) >= 11 is 0. The van der Waals surface area contributed by atoms with Crippen LogP contribution in [0.5, 0.6) is 0 Å². The maximum absolute atomic E-state index is 11.6. The molecule has 0 saturated carbocycles. The van der Waals surface area contributed by atoms with Crippen LogP contribution in [0.2, 0.25) is 0 Å². The van der Waals surface area contributed by atoms with Crippen molar-refractivity contribution in [3.63, 3.8) is 0 Å². The zero-order valence-corrected chi connectivity index (χ0v) is 11.0. The quantitative estimate of drug-likeness (QED) is 0.706. The fourth-order valence-electron chi connectivity index (χ4n) is 1.46. The molecule has 0 N–H and O–H groups in total. The lowest BCUT2D eigenvalue weighted by molar-refractivity contribution is -0.218. The second-order valence-electron chi connectivity index (χ2n) is 5.34. The van der Waals surface area contributed by atoms with Gasteiger partial charge in [0.2, 0.25) is 5.79 Å². The Morgan fingerprint density at radius 2 is 2.06 bits per heavy atom. The molecular formula is C12H20O5. The van der Waals surface area contributed by atoms with Crippen molar-refractivity contribution in [2.24, 2.45) is 5.41 Å². The minimum Gasteiger partial charge on any atom is -0.469 e. The minimum absolute atomic E-state index is 0.149. The average molecular weight is 244 g/mol. The van der Waals surface area contributed by atoms with E-state index in [0.29, 0.717) is 0 Å². The first kappa shape index (κ1) is 14.0. The van der Waals surface area contributed by atoms with Crippen LogP contribution in [0.1, 0.15) is 40.5 Å². The Bertz CT molecular complexity index is 317. The Labute approximate surface area is 101 Å². The van der Waals surface area contributed by atoms with Crippen molar-refractivity contribution in [3.05, 3.63) is 0 Å². The first-order chi connectivity index (χ1) is 7.69. The van der Waals surface area contributed by atoms with Gasteiger partial charge in [0.15, 0.2) is 6.10 Å². The summed E-state index contributed by atoms with van der Waals surface area (Å²) in [5, 5.41) is 0. The van der Waals surface area contributed by atoms with E-state index < -0.39 is 17.9 Å². The molecule has 1 saturated heterocycles. The molecule has 17 heavy (non-hydrogen) atoms. The molecule has 1 aliphatic heterocycles. The lowest BCUT2D eigenvalue weighted by Crippen LogP contribution is -2.41. The molecular weight excluding hydrogens is 224 g/mol. The summed E-state index contributed by atoms with van der Waals surface area (Å²) in [5.41, 5.74) is -0.317. The Morgan fingerprint density at radius 3 is 2.47 bits per heavy atom. The van der Waals surface area contributed by atoms with Gasteiger partial charge < -0.3 is 14.2 Å². The molecule has 5 heteroatoms. The van der Waals surface area contributed by atoms with Gasteiger partial charge in [-0.2, -0.15) is 0 Å². The van der Waals surface area contributed by atoms with Crippen LogP contribution >= 0.6 is 0 Å². The van der Waals surface area contributed by atoms with E-state index in [1.807, 2.05) is 20.8 Å². The lowest BCUT2D eigenvalue weighted by atomic mass is 9.87. The third kappa shape index (κ3) is 2.97. The second kappa shape index (κ2) is 4.64. The van der Waals surface area contributed by atoms with E-state index in [4.69, 9.17) is 9.47 Å². The van der Waals surface area contributed by atoms with Crippen LogP contribution in [0.3, 0.4) is 0 Å². The molecule has 0 aromatic heterocycles. The van der Waals surface area contributed by atoms with E-state index in [1.54, 1.807) is 6.92 Å². The topological polar surface area (TPSA) is 61.8 Å². The summed E-state index contributed by atoms with van der Waals surface area (Å²) in [5.74, 6) is -1.71. The van der Waals surface area contributed by atoms with Crippen LogP contribution in [0.15, 0.2) is 0 Å². The number of cyclic esters (lactones) is 1. The van der Waals surface area contributed by atoms with Crippen LogP contribution in [0.4, 0.5) is 0 Å². The maximum atomic E-state index is 11.6. The SMILES string of the molecule is COC(=O)CC[C@@H]1O[C@@](C)(C(C)(C)C)OC1=O. The van der Waals surface area contributed by atoms with E-state index in [2.05, 4.69) is 4.74 Å². The van der Waals surface area contributed by atoms with E-state index in [-0.39, 0.29) is 24.2 Å². The first-order valence-corrected chi connectivity index (χ1v) is 5.67. The van der Waals surface area contributed by atoms with Gasteiger partial charge in [-0.05, 0) is 6.42 Å². The molecule has 1 rings (SSSR count). The number of rotatable bonds is 3. The lowest BCUT2D eigenvalue weighted by Gasteiger charge is -2.35. The summed E-state index contributed by atoms with van der Waals surface area (Å²) in [4.78, 5) is 22.6. The normalized spacial score (nSPS) is 29.0. The smallest absolute Gasteiger partial charge is 0.337 e. The maximum Gasteiger partial charge on any atom is 0.337 e. The van der Waals surface area contributed by atoms with Gasteiger partial charge in [0, 0.05) is 18.8 Å². The predicted octanol–water partition coefficient (Wildman–Crippen LogP) is 1.64. The van der Waals surface area contributed by atoms with Crippen LogP contribution < -0.4 is 0 Å². The molecule has 0 amide bonds. The monoisotopic (exact) mass is 244 g/mol. The highest BCUT2D eigenvalue weighted by molar-refractivity contribution is 5.78. The Balaban J connectivity index is 2.62. The van der Waals surface area contributed by atoms with Gasteiger partial charge in [0.1, 0.15) is 0 Å². The minimum atomic E-state index is -0.940. The fourth-order valence-corrected chi connectivity index (χ4v) is 1.46. The molecule has 5 nitrogen and oxygen atoms in total. The highest BCUT2D eigenvalue weighted by Gasteiger charge is 2.51. The molecule has 0 bridgehead atoms. The molecule has 1 heterocycles. The van der Waals surface area contributed by atoms with Crippen molar-refractivity contribution < 1.29 is 23.8 Å².